The van der Waals surface area contributed by atoms with Gasteiger partial charge in [-0.2, -0.15) is 0 Å². The Hall–Kier alpha value is -2.50. The number of ether oxygens (including phenoxy) is 1. The predicted molar refractivity (Wildman–Crippen MR) is 97.1 cm³/mol. The molecule has 0 saturated carbocycles. The molecule has 0 saturated heterocycles. The summed E-state index contributed by atoms with van der Waals surface area (Å²) < 4.78 is 31.8. The fourth-order valence-electron chi connectivity index (χ4n) is 2.51. The summed E-state index contributed by atoms with van der Waals surface area (Å²) in [5.41, 5.74) is 2.52. The van der Waals surface area contributed by atoms with E-state index in [4.69, 9.17) is 4.74 Å². The van der Waals surface area contributed by atoms with Crippen LogP contribution in [0, 0.1) is 30.9 Å². The lowest BCUT2D eigenvalue weighted by Crippen LogP contribution is -2.21. The molecular formula is C20H24F2N2O2. The van der Waals surface area contributed by atoms with Gasteiger partial charge < -0.3 is 10.1 Å². The zero-order chi connectivity index (χ0) is 19.5. The first-order valence-corrected chi connectivity index (χ1v) is 8.40. The van der Waals surface area contributed by atoms with E-state index >= 15 is 0 Å². The Labute approximate surface area is 152 Å². The number of benzene rings is 1. The molecule has 1 amide bonds. The van der Waals surface area contributed by atoms with Crippen LogP contribution in [-0.4, -0.2) is 10.9 Å². The topological polar surface area (TPSA) is 51.2 Å². The van der Waals surface area contributed by atoms with Gasteiger partial charge in [0.25, 0.3) is 0 Å². The molecule has 2 rings (SSSR count). The average Bonchev–Trinajstić information content (AvgIpc) is 2.50. The van der Waals surface area contributed by atoms with Crippen LogP contribution in [0.4, 0.5) is 14.5 Å². The van der Waals surface area contributed by atoms with Crippen LogP contribution in [0.2, 0.25) is 0 Å². The van der Waals surface area contributed by atoms with Crippen molar-refractivity contribution in [3.05, 3.63) is 52.7 Å². The molecule has 0 aliphatic carbocycles. The van der Waals surface area contributed by atoms with E-state index in [0.29, 0.717) is 29.2 Å². The van der Waals surface area contributed by atoms with Crippen LogP contribution in [-0.2, 0) is 11.4 Å². The second kappa shape index (κ2) is 7.81. The molecule has 0 unspecified atom stereocenters. The Kier molecular flexibility index (Phi) is 5.95. The van der Waals surface area contributed by atoms with Gasteiger partial charge >= 0.3 is 0 Å². The molecule has 0 radical (unpaired) electrons. The number of rotatable bonds is 5. The van der Waals surface area contributed by atoms with Crippen LogP contribution in [0.3, 0.4) is 0 Å². The predicted octanol–water partition coefficient (Wildman–Crippen LogP) is 4.93. The van der Waals surface area contributed by atoms with Crippen LogP contribution in [0.25, 0.3) is 0 Å². The van der Waals surface area contributed by atoms with E-state index in [2.05, 4.69) is 10.3 Å². The van der Waals surface area contributed by atoms with Gasteiger partial charge in [-0.15, -0.1) is 0 Å². The zero-order valence-electron chi connectivity index (χ0n) is 15.7. The summed E-state index contributed by atoms with van der Waals surface area (Å²) in [7, 11) is 0. The minimum absolute atomic E-state index is 0.0683. The lowest BCUT2D eigenvalue weighted by Gasteiger charge is -2.19. The van der Waals surface area contributed by atoms with Crippen molar-refractivity contribution in [2.45, 2.75) is 47.6 Å². The molecule has 4 nitrogen and oxygen atoms in total. The van der Waals surface area contributed by atoms with Crippen molar-refractivity contribution in [2.24, 2.45) is 5.41 Å². The molecule has 1 aromatic carbocycles. The Balaban J connectivity index is 2.08. The zero-order valence-corrected chi connectivity index (χ0v) is 15.7. The quantitative estimate of drug-likeness (QED) is 0.820. The molecule has 0 atom stereocenters. The average molecular weight is 362 g/mol. The van der Waals surface area contributed by atoms with Gasteiger partial charge in [0, 0.05) is 12.5 Å². The second-order valence-electron chi connectivity index (χ2n) is 7.56. The summed E-state index contributed by atoms with van der Waals surface area (Å²) in [5.74, 6) is -1.52. The van der Waals surface area contributed by atoms with E-state index < -0.39 is 11.6 Å². The van der Waals surface area contributed by atoms with E-state index in [9.17, 15) is 13.6 Å². The van der Waals surface area contributed by atoms with E-state index in [1.165, 1.54) is 6.07 Å². The standard InChI is InChI=1S/C20H24F2N2O2/c1-12-8-18(26-11-14-6-7-15(21)16(22)9-14)23-13(2)19(12)24-17(25)10-20(3,4)5/h6-9H,10-11H2,1-5H3,(H,24,25). The van der Waals surface area contributed by atoms with Crippen molar-refractivity contribution in [1.82, 2.24) is 4.98 Å². The second-order valence-corrected chi connectivity index (χ2v) is 7.56. The van der Waals surface area contributed by atoms with Crippen molar-refractivity contribution >= 4 is 11.6 Å². The molecule has 0 aliphatic rings. The Bertz CT molecular complexity index is 791. The summed E-state index contributed by atoms with van der Waals surface area (Å²) in [6.45, 7) is 9.70. The minimum Gasteiger partial charge on any atom is -0.473 e. The van der Waals surface area contributed by atoms with E-state index in [0.717, 1.165) is 17.7 Å². The highest BCUT2D eigenvalue weighted by atomic mass is 19.2. The maximum absolute atomic E-state index is 13.2. The van der Waals surface area contributed by atoms with Gasteiger partial charge in [-0.1, -0.05) is 26.8 Å². The Morgan fingerprint density at radius 1 is 1.15 bits per heavy atom. The molecule has 1 heterocycles. The minimum atomic E-state index is -0.914. The van der Waals surface area contributed by atoms with Crippen molar-refractivity contribution in [3.8, 4) is 5.88 Å². The number of nitrogens with one attached hydrogen (secondary N) is 1. The Morgan fingerprint density at radius 2 is 1.85 bits per heavy atom. The number of hydrogen-bond acceptors (Lipinski definition) is 3. The van der Waals surface area contributed by atoms with Crippen molar-refractivity contribution in [1.29, 1.82) is 0 Å². The van der Waals surface area contributed by atoms with Gasteiger partial charge in [0.1, 0.15) is 6.61 Å². The van der Waals surface area contributed by atoms with Gasteiger partial charge in [0.15, 0.2) is 11.6 Å². The normalized spacial score (nSPS) is 11.3. The molecule has 0 fully saturated rings. The fourth-order valence-corrected chi connectivity index (χ4v) is 2.51. The third-order valence-electron chi connectivity index (χ3n) is 3.70. The number of amides is 1. The molecule has 2 aromatic rings. The number of carbonyl (C=O) groups is 1. The number of anilines is 1. The molecule has 0 aliphatic heterocycles. The highest BCUT2D eigenvalue weighted by molar-refractivity contribution is 5.92. The third kappa shape index (κ3) is 5.51. The third-order valence-corrected chi connectivity index (χ3v) is 3.70. The van der Waals surface area contributed by atoms with Gasteiger partial charge in [0.05, 0.1) is 11.4 Å². The summed E-state index contributed by atoms with van der Waals surface area (Å²) in [5, 5.41) is 2.90. The molecule has 1 N–H and O–H groups in total. The molecule has 0 spiro atoms. The first-order chi connectivity index (χ1) is 12.0. The van der Waals surface area contributed by atoms with Crippen LogP contribution >= 0.6 is 0 Å². The SMILES string of the molecule is Cc1cc(OCc2ccc(F)c(F)c2)nc(C)c1NC(=O)CC(C)(C)C. The largest absolute Gasteiger partial charge is 0.473 e. The van der Waals surface area contributed by atoms with Crippen molar-refractivity contribution in [2.75, 3.05) is 5.32 Å². The lowest BCUT2D eigenvalue weighted by atomic mass is 9.92. The van der Waals surface area contributed by atoms with Crippen LogP contribution in [0.5, 0.6) is 5.88 Å². The number of carbonyl (C=O) groups excluding carboxylic acids is 1. The van der Waals surface area contributed by atoms with Gasteiger partial charge in [-0.05, 0) is 42.5 Å². The van der Waals surface area contributed by atoms with Crippen LogP contribution < -0.4 is 10.1 Å². The number of aryl methyl sites for hydroxylation is 2. The highest BCUT2D eigenvalue weighted by Crippen LogP contribution is 2.25. The van der Waals surface area contributed by atoms with E-state index in [1.54, 1.807) is 13.0 Å². The van der Waals surface area contributed by atoms with Crippen molar-refractivity contribution in [3.63, 3.8) is 0 Å². The molecular weight excluding hydrogens is 338 g/mol. The summed E-state index contributed by atoms with van der Waals surface area (Å²) in [4.78, 5) is 16.5. The number of halogens is 2. The highest BCUT2D eigenvalue weighted by Gasteiger charge is 2.18. The molecule has 26 heavy (non-hydrogen) atoms. The maximum atomic E-state index is 13.2. The first-order valence-electron chi connectivity index (χ1n) is 8.40. The number of pyridine rings is 1. The fraction of sp³-hybridized carbons (Fsp3) is 0.400. The van der Waals surface area contributed by atoms with Gasteiger partial charge in [-0.25, -0.2) is 13.8 Å². The number of aromatic nitrogens is 1. The summed E-state index contributed by atoms with van der Waals surface area (Å²) >= 11 is 0. The monoisotopic (exact) mass is 362 g/mol. The Morgan fingerprint density at radius 3 is 2.42 bits per heavy atom. The first kappa shape index (κ1) is 19.8. The molecule has 140 valence electrons. The van der Waals surface area contributed by atoms with Gasteiger partial charge in [0.2, 0.25) is 11.8 Å². The van der Waals surface area contributed by atoms with E-state index in [1.807, 2.05) is 27.7 Å². The van der Waals surface area contributed by atoms with Gasteiger partial charge in [-0.3, -0.25) is 4.79 Å². The lowest BCUT2D eigenvalue weighted by molar-refractivity contribution is -0.117. The smallest absolute Gasteiger partial charge is 0.224 e. The van der Waals surface area contributed by atoms with E-state index in [-0.39, 0.29) is 17.9 Å². The maximum Gasteiger partial charge on any atom is 0.224 e. The van der Waals surface area contributed by atoms with Crippen LogP contribution in [0.15, 0.2) is 24.3 Å². The number of hydrogen-bond donors (Lipinski definition) is 1. The summed E-state index contributed by atoms with van der Waals surface area (Å²) in [6.07, 6.45) is 0.403. The van der Waals surface area contributed by atoms with Crippen LogP contribution in [0.1, 0.15) is 44.0 Å². The molecule has 0 bridgehead atoms. The molecule has 6 heteroatoms. The molecule has 1 aromatic heterocycles. The number of nitrogens with zero attached hydrogens (tertiary/aromatic N) is 1. The summed E-state index contributed by atoms with van der Waals surface area (Å²) in [6, 6.07) is 5.32. The van der Waals surface area contributed by atoms with Crippen molar-refractivity contribution < 1.29 is 18.3 Å².